The molecule has 0 atom stereocenters. The van der Waals surface area contributed by atoms with Crippen LogP contribution in [0.5, 0.6) is 5.75 Å². The molecule has 27 heavy (non-hydrogen) atoms. The molecular formula is C21H21F2NO2S. The maximum atomic E-state index is 14.4. The Bertz CT molecular complexity index is 842. The second kappa shape index (κ2) is 8.70. The highest BCUT2D eigenvalue weighted by molar-refractivity contribution is 7.78. The average molecular weight is 389 g/mol. The van der Waals surface area contributed by atoms with E-state index in [4.69, 9.17) is 9.47 Å². The van der Waals surface area contributed by atoms with Gasteiger partial charge in [-0.1, -0.05) is 24.3 Å². The lowest BCUT2D eigenvalue weighted by molar-refractivity contribution is -0.0182. The monoisotopic (exact) mass is 389 g/mol. The van der Waals surface area contributed by atoms with Crippen LogP contribution in [-0.4, -0.2) is 23.4 Å². The molecule has 2 aromatic carbocycles. The Morgan fingerprint density at radius 3 is 2.44 bits per heavy atom. The van der Waals surface area contributed by atoms with E-state index in [0.29, 0.717) is 12.2 Å². The molecule has 3 rings (SSSR count). The Hall–Kier alpha value is -2.14. The van der Waals surface area contributed by atoms with Gasteiger partial charge in [-0.2, -0.15) is 4.39 Å². The summed E-state index contributed by atoms with van der Waals surface area (Å²) >= 11 is 4.59. The van der Waals surface area contributed by atoms with Gasteiger partial charge < -0.3 is 9.47 Å². The molecule has 0 amide bonds. The normalized spacial score (nSPS) is 18.7. The van der Waals surface area contributed by atoms with Gasteiger partial charge in [0.15, 0.2) is 11.6 Å². The zero-order valence-corrected chi connectivity index (χ0v) is 16.1. The number of rotatable bonds is 7. The maximum Gasteiger partial charge on any atom is 0.201 e. The fourth-order valence-electron chi connectivity index (χ4n) is 2.95. The van der Waals surface area contributed by atoms with Crippen molar-refractivity contribution < 1.29 is 18.3 Å². The number of nitrogens with zero attached hydrogens (tertiary/aromatic N) is 1. The third-order valence-electron chi connectivity index (χ3n) is 4.47. The smallest absolute Gasteiger partial charge is 0.201 e. The van der Waals surface area contributed by atoms with Crippen molar-refractivity contribution in [2.75, 3.05) is 0 Å². The Labute approximate surface area is 163 Å². The molecule has 0 aliphatic heterocycles. The van der Waals surface area contributed by atoms with Crippen molar-refractivity contribution in [1.82, 2.24) is 0 Å². The molecule has 0 bridgehead atoms. The molecule has 6 heteroatoms. The zero-order valence-electron chi connectivity index (χ0n) is 15.2. The molecule has 1 saturated carbocycles. The second-order valence-corrected chi connectivity index (χ2v) is 7.06. The van der Waals surface area contributed by atoms with Crippen LogP contribution in [0.15, 0.2) is 41.4 Å². The Balaban J connectivity index is 1.63. The van der Waals surface area contributed by atoms with Crippen molar-refractivity contribution in [3.8, 4) is 16.9 Å². The van der Waals surface area contributed by atoms with E-state index < -0.39 is 11.6 Å². The predicted octanol–water partition coefficient (Wildman–Crippen LogP) is 5.57. The maximum absolute atomic E-state index is 14.4. The Kier molecular flexibility index (Phi) is 6.32. The van der Waals surface area contributed by atoms with Crippen LogP contribution in [-0.2, 0) is 11.3 Å². The first kappa shape index (κ1) is 19.6. The van der Waals surface area contributed by atoms with Crippen LogP contribution in [0.3, 0.4) is 0 Å². The molecule has 142 valence electrons. The highest BCUT2D eigenvalue weighted by Crippen LogP contribution is 2.31. The third kappa shape index (κ3) is 4.78. The van der Waals surface area contributed by atoms with Crippen LogP contribution >= 0.6 is 12.2 Å². The second-order valence-electron chi connectivity index (χ2n) is 6.88. The summed E-state index contributed by atoms with van der Waals surface area (Å²) in [7, 11) is 0. The fraction of sp³-hybridized carbons (Fsp3) is 0.381. The van der Waals surface area contributed by atoms with E-state index in [2.05, 4.69) is 22.4 Å². The summed E-state index contributed by atoms with van der Waals surface area (Å²) in [6.45, 7) is 4.00. The van der Waals surface area contributed by atoms with Gasteiger partial charge in [0, 0.05) is 5.56 Å². The van der Waals surface area contributed by atoms with Crippen molar-refractivity contribution >= 4 is 17.4 Å². The number of benzene rings is 2. The number of halogens is 2. The highest BCUT2D eigenvalue weighted by Gasteiger charge is 2.29. The molecule has 3 nitrogen and oxygen atoms in total. The first-order valence-corrected chi connectivity index (χ1v) is 9.31. The van der Waals surface area contributed by atoms with Gasteiger partial charge in [0.25, 0.3) is 0 Å². The molecule has 0 saturated heterocycles. The summed E-state index contributed by atoms with van der Waals surface area (Å²) in [5.41, 5.74) is 1.78. The SMILES string of the molecule is CC(C)Oc1ccc(-c2ccc(COC3CC(N=C=S)C3)cc2)c(F)c1F. The molecule has 0 heterocycles. The first-order valence-electron chi connectivity index (χ1n) is 8.90. The number of hydrogen-bond acceptors (Lipinski definition) is 4. The quantitative estimate of drug-likeness (QED) is 0.458. The molecule has 1 aliphatic rings. The van der Waals surface area contributed by atoms with E-state index >= 15 is 0 Å². The van der Waals surface area contributed by atoms with Crippen molar-refractivity contribution in [3.05, 3.63) is 53.6 Å². The Morgan fingerprint density at radius 1 is 1.11 bits per heavy atom. The molecule has 0 aromatic heterocycles. The van der Waals surface area contributed by atoms with Gasteiger partial charge in [0.05, 0.1) is 30.0 Å². The summed E-state index contributed by atoms with van der Waals surface area (Å²) in [5, 5.41) is 2.39. The Morgan fingerprint density at radius 2 is 1.81 bits per heavy atom. The van der Waals surface area contributed by atoms with Gasteiger partial charge in [0.1, 0.15) is 0 Å². The standard InChI is InChI=1S/C21H21F2NO2S/c1-13(2)26-19-8-7-18(20(22)21(19)23)15-5-3-14(4-6-15)11-25-17-9-16(10-17)24-12-27/h3-8,13,16-17H,9-11H2,1-2H3. The number of isothiocyanates is 1. The largest absolute Gasteiger partial charge is 0.488 e. The van der Waals surface area contributed by atoms with Crippen LogP contribution in [0, 0.1) is 11.6 Å². The highest BCUT2D eigenvalue weighted by atomic mass is 32.1. The number of aliphatic imine (C=N–C) groups is 1. The van der Waals surface area contributed by atoms with Gasteiger partial charge >= 0.3 is 0 Å². The number of ether oxygens (including phenoxy) is 2. The van der Waals surface area contributed by atoms with Crippen molar-refractivity contribution in [3.63, 3.8) is 0 Å². The van der Waals surface area contributed by atoms with E-state index in [1.807, 2.05) is 12.1 Å². The molecule has 2 aromatic rings. The van der Waals surface area contributed by atoms with Gasteiger partial charge in [-0.3, -0.25) is 0 Å². The minimum absolute atomic E-state index is 0.0759. The lowest BCUT2D eigenvalue weighted by atomic mass is 9.90. The van der Waals surface area contributed by atoms with Crippen molar-refractivity contribution in [2.45, 2.75) is 51.5 Å². The minimum atomic E-state index is -0.966. The van der Waals surface area contributed by atoms with E-state index in [9.17, 15) is 8.78 Å². The van der Waals surface area contributed by atoms with E-state index in [0.717, 1.165) is 18.4 Å². The third-order valence-corrected chi connectivity index (χ3v) is 4.57. The molecular weight excluding hydrogens is 368 g/mol. The summed E-state index contributed by atoms with van der Waals surface area (Å²) in [6, 6.07) is 10.5. The molecule has 0 radical (unpaired) electrons. The zero-order chi connectivity index (χ0) is 19.4. The van der Waals surface area contributed by atoms with Gasteiger partial charge in [0.2, 0.25) is 5.82 Å². The molecule has 0 unspecified atom stereocenters. The topological polar surface area (TPSA) is 30.8 Å². The summed E-state index contributed by atoms with van der Waals surface area (Å²) in [5.74, 6) is -1.95. The van der Waals surface area contributed by atoms with Crippen LogP contribution in [0.1, 0.15) is 32.3 Å². The summed E-state index contributed by atoms with van der Waals surface area (Å²) in [6.07, 6.45) is 1.67. The molecule has 0 spiro atoms. The van der Waals surface area contributed by atoms with E-state index in [1.165, 1.54) is 12.1 Å². The predicted molar refractivity (Wildman–Crippen MR) is 104 cm³/mol. The summed E-state index contributed by atoms with van der Waals surface area (Å²) in [4.78, 5) is 4.03. The number of thiocarbonyl (C=S) groups is 1. The molecule has 0 N–H and O–H groups in total. The fourth-order valence-corrected chi connectivity index (χ4v) is 3.10. The minimum Gasteiger partial charge on any atom is -0.488 e. The summed E-state index contributed by atoms with van der Waals surface area (Å²) < 4.78 is 39.7. The lowest BCUT2D eigenvalue weighted by Gasteiger charge is -2.31. The van der Waals surface area contributed by atoms with Gasteiger partial charge in [-0.15, -0.1) is 0 Å². The number of hydrogen-bond donors (Lipinski definition) is 0. The van der Waals surface area contributed by atoms with Crippen LogP contribution < -0.4 is 4.74 Å². The van der Waals surface area contributed by atoms with Crippen molar-refractivity contribution in [2.24, 2.45) is 4.99 Å². The molecule has 1 fully saturated rings. The van der Waals surface area contributed by atoms with E-state index in [-0.39, 0.29) is 29.6 Å². The van der Waals surface area contributed by atoms with E-state index in [1.54, 1.807) is 26.0 Å². The van der Waals surface area contributed by atoms with Gasteiger partial charge in [-0.25, -0.2) is 9.38 Å². The lowest BCUT2D eigenvalue weighted by Crippen LogP contribution is -2.34. The van der Waals surface area contributed by atoms with Crippen LogP contribution in [0.2, 0.25) is 0 Å². The van der Waals surface area contributed by atoms with Crippen molar-refractivity contribution in [1.29, 1.82) is 0 Å². The van der Waals surface area contributed by atoms with Crippen LogP contribution in [0.4, 0.5) is 8.78 Å². The molecule has 1 aliphatic carbocycles. The van der Waals surface area contributed by atoms with Gasteiger partial charge in [-0.05, 0) is 62.2 Å². The first-order chi connectivity index (χ1) is 13.0. The van der Waals surface area contributed by atoms with Crippen LogP contribution in [0.25, 0.3) is 11.1 Å². The average Bonchev–Trinajstić information content (AvgIpc) is 2.61.